The Bertz CT molecular complexity index is 558. The Morgan fingerprint density at radius 3 is 2.57 bits per heavy atom. The Kier molecular flexibility index (Phi) is 5.88. The van der Waals surface area contributed by atoms with E-state index in [1.54, 1.807) is 12.1 Å². The fourth-order valence-electron chi connectivity index (χ4n) is 2.68. The number of amides is 1. The molecule has 1 aromatic carbocycles. The molecular weight excluding hydrogens is 318 g/mol. The van der Waals surface area contributed by atoms with Crippen molar-refractivity contribution >= 4 is 23.5 Å². The first kappa shape index (κ1) is 17.6. The van der Waals surface area contributed by atoms with E-state index in [4.69, 9.17) is 21.4 Å². The lowest BCUT2D eigenvalue weighted by Crippen LogP contribution is -2.39. The monoisotopic (exact) mass is 339 g/mol. The van der Waals surface area contributed by atoms with Gasteiger partial charge in [0.15, 0.2) is 0 Å². The summed E-state index contributed by atoms with van der Waals surface area (Å²) in [7, 11) is 0. The molecule has 2 atom stereocenters. The zero-order chi connectivity index (χ0) is 17.0. The van der Waals surface area contributed by atoms with Crippen LogP contribution in [0, 0.1) is 5.92 Å². The van der Waals surface area contributed by atoms with Gasteiger partial charge in [-0.15, -0.1) is 11.6 Å². The number of hydrogen-bond acceptors (Lipinski definition) is 3. The maximum Gasteiger partial charge on any atom is 0.335 e. The van der Waals surface area contributed by atoms with Crippen LogP contribution < -0.4 is 4.74 Å². The Labute approximate surface area is 141 Å². The van der Waals surface area contributed by atoms with Crippen molar-refractivity contribution in [3.05, 3.63) is 29.8 Å². The number of rotatable bonds is 6. The minimum atomic E-state index is -0.970. The highest BCUT2D eigenvalue weighted by Gasteiger charge is 2.34. The third-order valence-corrected chi connectivity index (χ3v) is 4.13. The van der Waals surface area contributed by atoms with Gasteiger partial charge in [-0.3, -0.25) is 4.79 Å². The lowest BCUT2D eigenvalue weighted by atomic mass is 10.1. The fraction of sp³-hybridized carbons (Fsp3) is 0.529. The number of aromatic carboxylic acids is 1. The fourth-order valence-corrected chi connectivity index (χ4v) is 3.03. The molecule has 0 spiro atoms. The van der Waals surface area contributed by atoms with Crippen LogP contribution in [0.15, 0.2) is 24.3 Å². The van der Waals surface area contributed by atoms with E-state index in [1.807, 2.05) is 18.7 Å². The van der Waals surface area contributed by atoms with E-state index >= 15 is 0 Å². The number of likely N-dealkylation sites (tertiary alicyclic amines) is 1. The molecule has 2 rings (SSSR count). The van der Waals surface area contributed by atoms with E-state index in [9.17, 15) is 9.59 Å². The van der Waals surface area contributed by atoms with Crippen LogP contribution in [-0.4, -0.2) is 46.5 Å². The number of carboxylic acids is 1. The van der Waals surface area contributed by atoms with Crippen molar-refractivity contribution in [3.63, 3.8) is 0 Å². The second-order valence-electron chi connectivity index (χ2n) is 6.27. The van der Waals surface area contributed by atoms with Crippen LogP contribution in [0.5, 0.6) is 5.75 Å². The smallest absolute Gasteiger partial charge is 0.335 e. The van der Waals surface area contributed by atoms with Crippen molar-refractivity contribution in [1.82, 2.24) is 4.90 Å². The van der Waals surface area contributed by atoms with Crippen LogP contribution in [0.2, 0.25) is 0 Å². The molecule has 1 aliphatic heterocycles. The minimum absolute atomic E-state index is 0.0390. The van der Waals surface area contributed by atoms with Crippen LogP contribution in [-0.2, 0) is 4.79 Å². The maximum absolute atomic E-state index is 12.3. The van der Waals surface area contributed by atoms with Gasteiger partial charge in [0.25, 0.3) is 0 Å². The molecule has 1 saturated heterocycles. The summed E-state index contributed by atoms with van der Waals surface area (Å²) < 4.78 is 5.71. The number of carboxylic acid groups (broad SMARTS) is 1. The second kappa shape index (κ2) is 7.68. The van der Waals surface area contributed by atoms with Gasteiger partial charge in [-0.1, -0.05) is 13.8 Å². The quantitative estimate of drug-likeness (QED) is 0.809. The normalized spacial score (nSPS) is 20.8. The van der Waals surface area contributed by atoms with Crippen molar-refractivity contribution in [1.29, 1.82) is 0 Å². The molecule has 0 saturated carbocycles. The summed E-state index contributed by atoms with van der Waals surface area (Å²) in [6.07, 6.45) is 1.21. The molecule has 6 heteroatoms. The van der Waals surface area contributed by atoms with Crippen LogP contribution in [0.1, 0.15) is 37.0 Å². The summed E-state index contributed by atoms with van der Waals surface area (Å²) in [6.45, 7) is 4.95. The number of hydrogen-bond donors (Lipinski definition) is 1. The average molecular weight is 340 g/mol. The molecule has 1 aliphatic rings. The van der Waals surface area contributed by atoms with Gasteiger partial charge in [-0.2, -0.15) is 0 Å². The molecule has 0 bridgehead atoms. The zero-order valence-corrected chi connectivity index (χ0v) is 14.1. The van der Waals surface area contributed by atoms with Crippen LogP contribution >= 0.6 is 11.6 Å². The van der Waals surface area contributed by atoms with Crippen molar-refractivity contribution in [3.8, 4) is 5.75 Å². The summed E-state index contributed by atoms with van der Waals surface area (Å²) in [4.78, 5) is 24.9. The van der Waals surface area contributed by atoms with Crippen LogP contribution in [0.3, 0.4) is 0 Å². The third kappa shape index (κ3) is 4.86. The van der Waals surface area contributed by atoms with E-state index in [0.717, 1.165) is 0 Å². The van der Waals surface area contributed by atoms with E-state index < -0.39 is 5.97 Å². The molecule has 1 amide bonds. The molecule has 0 aromatic heterocycles. The highest BCUT2D eigenvalue weighted by Crippen LogP contribution is 2.25. The standard InChI is InChI=1S/C17H22ClNO4/c1-11(2)7-16(20)19-9-13(18)8-14(19)10-23-15-5-3-12(4-6-15)17(21)22/h3-6,11,13-14H,7-10H2,1-2H3,(H,21,22)/t13-,14-/m0/s1. The van der Waals surface area contributed by atoms with Gasteiger partial charge in [-0.05, 0) is 36.6 Å². The SMILES string of the molecule is CC(C)CC(=O)N1C[C@@H](Cl)C[C@H]1COc1ccc(C(=O)O)cc1. The van der Waals surface area contributed by atoms with Crippen LogP contribution in [0.4, 0.5) is 0 Å². The Balaban J connectivity index is 1.94. The molecule has 1 aromatic rings. The largest absolute Gasteiger partial charge is 0.491 e. The molecule has 23 heavy (non-hydrogen) atoms. The molecule has 0 aliphatic carbocycles. The van der Waals surface area contributed by atoms with Crippen molar-refractivity contribution in [2.24, 2.45) is 5.92 Å². The predicted molar refractivity (Wildman–Crippen MR) is 88.1 cm³/mol. The number of ether oxygens (including phenoxy) is 1. The summed E-state index contributed by atoms with van der Waals surface area (Å²) in [6, 6.07) is 6.20. The molecule has 1 heterocycles. The first-order valence-electron chi connectivity index (χ1n) is 7.76. The van der Waals surface area contributed by atoms with Gasteiger partial charge in [0, 0.05) is 13.0 Å². The number of carbonyl (C=O) groups is 2. The molecule has 1 N–H and O–H groups in total. The van der Waals surface area contributed by atoms with Gasteiger partial charge in [0.1, 0.15) is 12.4 Å². The highest BCUT2D eigenvalue weighted by atomic mass is 35.5. The summed E-state index contributed by atoms with van der Waals surface area (Å²) in [5, 5.41) is 8.83. The molecule has 1 fully saturated rings. The Hall–Kier alpha value is -1.75. The first-order valence-corrected chi connectivity index (χ1v) is 8.20. The topological polar surface area (TPSA) is 66.8 Å². The first-order chi connectivity index (χ1) is 10.9. The number of nitrogens with zero attached hydrogens (tertiary/aromatic N) is 1. The summed E-state index contributed by atoms with van der Waals surface area (Å²) in [5.74, 6) is 0.0343. The van der Waals surface area contributed by atoms with E-state index in [-0.39, 0.29) is 22.9 Å². The number of carbonyl (C=O) groups excluding carboxylic acids is 1. The summed E-state index contributed by atoms with van der Waals surface area (Å²) in [5.41, 5.74) is 0.216. The number of alkyl halides is 1. The molecule has 0 radical (unpaired) electrons. The van der Waals surface area contributed by atoms with Gasteiger partial charge in [0.05, 0.1) is 17.0 Å². The lowest BCUT2D eigenvalue weighted by molar-refractivity contribution is -0.133. The average Bonchev–Trinajstić information content (AvgIpc) is 2.86. The predicted octanol–water partition coefficient (Wildman–Crippen LogP) is 3.02. The zero-order valence-electron chi connectivity index (χ0n) is 13.4. The van der Waals surface area contributed by atoms with Gasteiger partial charge in [0.2, 0.25) is 5.91 Å². The summed E-state index contributed by atoms with van der Waals surface area (Å²) >= 11 is 6.20. The number of halogens is 1. The van der Waals surface area contributed by atoms with Gasteiger partial charge in [-0.25, -0.2) is 4.79 Å². The third-order valence-electron chi connectivity index (χ3n) is 3.81. The van der Waals surface area contributed by atoms with Crippen molar-refractivity contribution in [2.45, 2.75) is 38.1 Å². The Morgan fingerprint density at radius 2 is 2.00 bits per heavy atom. The number of benzene rings is 1. The van der Waals surface area contributed by atoms with E-state index in [1.165, 1.54) is 12.1 Å². The van der Waals surface area contributed by atoms with Gasteiger partial charge < -0.3 is 14.7 Å². The van der Waals surface area contributed by atoms with Gasteiger partial charge >= 0.3 is 5.97 Å². The van der Waals surface area contributed by atoms with Crippen LogP contribution in [0.25, 0.3) is 0 Å². The highest BCUT2D eigenvalue weighted by molar-refractivity contribution is 6.21. The second-order valence-corrected chi connectivity index (χ2v) is 6.89. The lowest BCUT2D eigenvalue weighted by Gasteiger charge is -2.25. The van der Waals surface area contributed by atoms with Crippen molar-refractivity contribution in [2.75, 3.05) is 13.2 Å². The molecule has 126 valence electrons. The Morgan fingerprint density at radius 1 is 1.35 bits per heavy atom. The molecular formula is C17H22ClNO4. The van der Waals surface area contributed by atoms with Crippen molar-refractivity contribution < 1.29 is 19.4 Å². The molecule has 0 unspecified atom stereocenters. The van der Waals surface area contributed by atoms with E-state index in [0.29, 0.717) is 37.7 Å². The van der Waals surface area contributed by atoms with E-state index in [2.05, 4.69) is 0 Å². The maximum atomic E-state index is 12.3. The molecule has 5 nitrogen and oxygen atoms in total. The minimum Gasteiger partial charge on any atom is -0.491 e.